The first kappa shape index (κ1) is 18.7. The van der Waals surface area contributed by atoms with E-state index in [0.29, 0.717) is 11.9 Å². The number of hydrogen-bond acceptors (Lipinski definition) is 5. The van der Waals surface area contributed by atoms with Crippen LogP contribution in [0.4, 0.5) is 0 Å². The van der Waals surface area contributed by atoms with E-state index in [1.807, 2.05) is 44.4 Å². The zero-order valence-electron chi connectivity index (χ0n) is 16.8. The molecule has 1 aromatic carbocycles. The van der Waals surface area contributed by atoms with E-state index in [0.717, 1.165) is 47.8 Å². The van der Waals surface area contributed by atoms with Gasteiger partial charge in [0.25, 0.3) is 0 Å². The van der Waals surface area contributed by atoms with Crippen LogP contribution in [0.1, 0.15) is 47.9 Å². The lowest BCUT2D eigenvalue weighted by molar-refractivity contribution is 0.138. The Kier molecular flexibility index (Phi) is 5.44. The van der Waals surface area contributed by atoms with Gasteiger partial charge in [-0.25, -0.2) is 4.98 Å². The molecule has 146 valence electrons. The summed E-state index contributed by atoms with van der Waals surface area (Å²) in [6.45, 7) is 5.91. The Morgan fingerprint density at radius 1 is 1.21 bits per heavy atom. The number of benzene rings is 1. The maximum atomic E-state index is 6.02. The fourth-order valence-corrected chi connectivity index (χ4v) is 4.03. The van der Waals surface area contributed by atoms with Crippen molar-refractivity contribution in [3.05, 3.63) is 65.3 Å². The summed E-state index contributed by atoms with van der Waals surface area (Å²) in [5, 5.41) is 0. The normalized spacial score (nSPS) is 17.6. The molecule has 0 saturated carbocycles. The Morgan fingerprint density at radius 3 is 2.86 bits per heavy atom. The monoisotopic (exact) mass is 377 g/mol. The Labute approximate surface area is 166 Å². The maximum absolute atomic E-state index is 6.02. The van der Waals surface area contributed by atoms with E-state index in [1.54, 1.807) is 7.11 Å². The average molecular weight is 377 g/mol. The summed E-state index contributed by atoms with van der Waals surface area (Å²) in [6.07, 6.45) is 7.46. The minimum absolute atomic E-state index is 0.394. The second kappa shape index (κ2) is 8.15. The van der Waals surface area contributed by atoms with Crippen LogP contribution in [0.3, 0.4) is 0 Å². The number of rotatable bonds is 5. The van der Waals surface area contributed by atoms with Gasteiger partial charge in [0.1, 0.15) is 11.5 Å². The summed E-state index contributed by atoms with van der Waals surface area (Å²) in [7, 11) is 1.69. The Balaban J connectivity index is 1.57. The molecule has 3 heterocycles. The van der Waals surface area contributed by atoms with Crippen LogP contribution < -0.4 is 4.74 Å². The Morgan fingerprint density at radius 2 is 2.11 bits per heavy atom. The number of aryl methyl sites for hydroxylation is 2. The van der Waals surface area contributed by atoms with Crippen LogP contribution in [0.15, 0.2) is 47.1 Å². The second-order valence-electron chi connectivity index (χ2n) is 7.47. The van der Waals surface area contributed by atoms with Gasteiger partial charge >= 0.3 is 0 Å². The van der Waals surface area contributed by atoms with E-state index in [2.05, 4.69) is 22.0 Å². The summed E-state index contributed by atoms with van der Waals surface area (Å²) in [4.78, 5) is 11.7. The number of pyridine rings is 1. The zero-order valence-corrected chi connectivity index (χ0v) is 16.8. The standard InChI is InChI=1S/C23H27N3O2/c1-16-13-18(9-10-22(16)27-3)23-25-20(17(2)28-23)15-26-12-5-4-8-21(26)19-7-6-11-24-14-19/h6-7,9-11,13-14,21H,4-5,8,12,15H2,1-3H3/t21-/m1/s1. The Bertz CT molecular complexity index is 936. The lowest BCUT2D eigenvalue weighted by Crippen LogP contribution is -2.33. The molecule has 0 N–H and O–H groups in total. The predicted molar refractivity (Wildman–Crippen MR) is 109 cm³/mol. The van der Waals surface area contributed by atoms with E-state index < -0.39 is 0 Å². The molecule has 0 spiro atoms. The van der Waals surface area contributed by atoms with Gasteiger partial charge in [-0.1, -0.05) is 12.5 Å². The molecule has 3 aromatic rings. The number of piperidine rings is 1. The molecule has 0 bridgehead atoms. The van der Waals surface area contributed by atoms with Crippen molar-refractivity contribution in [2.75, 3.05) is 13.7 Å². The maximum Gasteiger partial charge on any atom is 0.226 e. The van der Waals surface area contributed by atoms with Crippen LogP contribution in [0, 0.1) is 13.8 Å². The van der Waals surface area contributed by atoms with Gasteiger partial charge in [0, 0.05) is 30.5 Å². The number of aromatic nitrogens is 2. The van der Waals surface area contributed by atoms with E-state index in [9.17, 15) is 0 Å². The van der Waals surface area contributed by atoms with Crippen molar-refractivity contribution in [3.63, 3.8) is 0 Å². The first-order chi connectivity index (χ1) is 13.7. The van der Waals surface area contributed by atoms with Gasteiger partial charge in [-0.15, -0.1) is 0 Å². The molecule has 0 amide bonds. The van der Waals surface area contributed by atoms with Crippen molar-refractivity contribution in [2.24, 2.45) is 0 Å². The lowest BCUT2D eigenvalue weighted by atomic mass is 9.96. The molecule has 4 rings (SSSR count). The molecule has 0 unspecified atom stereocenters. The molecular weight excluding hydrogens is 350 g/mol. The van der Waals surface area contributed by atoms with Crippen LogP contribution in [0.2, 0.25) is 0 Å². The third-order valence-corrected chi connectivity index (χ3v) is 5.57. The molecule has 2 aromatic heterocycles. The molecule has 1 aliphatic heterocycles. The fourth-order valence-electron chi connectivity index (χ4n) is 4.03. The van der Waals surface area contributed by atoms with Crippen LogP contribution >= 0.6 is 0 Å². The first-order valence-corrected chi connectivity index (χ1v) is 9.91. The number of nitrogens with zero attached hydrogens (tertiary/aromatic N) is 3. The highest BCUT2D eigenvalue weighted by molar-refractivity contribution is 5.57. The smallest absolute Gasteiger partial charge is 0.226 e. The topological polar surface area (TPSA) is 51.4 Å². The van der Waals surface area contributed by atoms with Gasteiger partial charge in [0.05, 0.1) is 12.8 Å². The van der Waals surface area contributed by atoms with Crippen molar-refractivity contribution in [1.82, 2.24) is 14.9 Å². The van der Waals surface area contributed by atoms with Gasteiger partial charge in [0.15, 0.2) is 0 Å². The highest BCUT2D eigenvalue weighted by Gasteiger charge is 2.26. The molecule has 1 fully saturated rings. The molecule has 1 atom stereocenters. The number of oxazole rings is 1. The van der Waals surface area contributed by atoms with E-state index in [4.69, 9.17) is 14.1 Å². The van der Waals surface area contributed by atoms with E-state index >= 15 is 0 Å². The molecule has 0 radical (unpaired) electrons. The van der Waals surface area contributed by atoms with Crippen LogP contribution in [-0.2, 0) is 6.54 Å². The van der Waals surface area contributed by atoms with Crippen LogP contribution in [0.5, 0.6) is 5.75 Å². The van der Waals surface area contributed by atoms with Crippen molar-refractivity contribution in [1.29, 1.82) is 0 Å². The summed E-state index contributed by atoms with van der Waals surface area (Å²) < 4.78 is 11.4. The molecule has 5 heteroatoms. The first-order valence-electron chi connectivity index (χ1n) is 9.91. The number of hydrogen-bond donors (Lipinski definition) is 0. The summed E-state index contributed by atoms with van der Waals surface area (Å²) >= 11 is 0. The molecule has 28 heavy (non-hydrogen) atoms. The van der Waals surface area contributed by atoms with E-state index in [-0.39, 0.29) is 0 Å². The minimum Gasteiger partial charge on any atom is -0.496 e. The summed E-state index contributed by atoms with van der Waals surface area (Å²) in [5.41, 5.74) is 4.36. The second-order valence-corrected chi connectivity index (χ2v) is 7.47. The van der Waals surface area contributed by atoms with Gasteiger partial charge < -0.3 is 9.15 Å². The number of likely N-dealkylation sites (tertiary alicyclic amines) is 1. The van der Waals surface area contributed by atoms with Gasteiger partial charge in [-0.2, -0.15) is 0 Å². The Hall–Kier alpha value is -2.66. The SMILES string of the molecule is COc1ccc(-c2nc(CN3CCCC[C@@H]3c3cccnc3)c(C)o2)cc1C. The summed E-state index contributed by atoms with van der Waals surface area (Å²) in [5.74, 6) is 2.44. The zero-order chi connectivity index (χ0) is 19.5. The fraction of sp³-hybridized carbons (Fsp3) is 0.391. The third-order valence-electron chi connectivity index (χ3n) is 5.57. The minimum atomic E-state index is 0.394. The highest BCUT2D eigenvalue weighted by Crippen LogP contribution is 2.33. The number of methoxy groups -OCH3 is 1. The van der Waals surface area contributed by atoms with E-state index in [1.165, 1.54) is 18.4 Å². The van der Waals surface area contributed by atoms with Crippen molar-refractivity contribution in [3.8, 4) is 17.2 Å². The highest BCUT2D eigenvalue weighted by atomic mass is 16.5. The summed E-state index contributed by atoms with van der Waals surface area (Å²) in [6, 6.07) is 10.6. The van der Waals surface area contributed by atoms with Crippen molar-refractivity contribution >= 4 is 0 Å². The van der Waals surface area contributed by atoms with Gasteiger partial charge in [-0.05, 0) is 68.6 Å². The molecule has 0 aliphatic carbocycles. The average Bonchev–Trinajstić information content (AvgIpc) is 3.09. The third kappa shape index (κ3) is 3.80. The molecule has 1 aliphatic rings. The van der Waals surface area contributed by atoms with Crippen LogP contribution in [0.25, 0.3) is 11.5 Å². The number of ether oxygens (including phenoxy) is 1. The van der Waals surface area contributed by atoms with Crippen molar-refractivity contribution < 1.29 is 9.15 Å². The predicted octanol–water partition coefficient (Wildman–Crippen LogP) is 5.09. The van der Waals surface area contributed by atoms with Gasteiger partial charge in [0.2, 0.25) is 5.89 Å². The lowest BCUT2D eigenvalue weighted by Gasteiger charge is -2.35. The van der Waals surface area contributed by atoms with Crippen LogP contribution in [-0.4, -0.2) is 28.5 Å². The molecule has 1 saturated heterocycles. The molecule has 5 nitrogen and oxygen atoms in total. The largest absolute Gasteiger partial charge is 0.496 e. The quantitative estimate of drug-likeness (QED) is 0.620. The molecular formula is C23H27N3O2. The van der Waals surface area contributed by atoms with Gasteiger partial charge in [-0.3, -0.25) is 9.88 Å². The van der Waals surface area contributed by atoms with Crippen molar-refractivity contribution in [2.45, 2.75) is 45.7 Å².